The molecule has 0 unspecified atom stereocenters. The molecule has 0 fully saturated rings. The fourth-order valence-electron chi connectivity index (χ4n) is 1.44. The molecule has 0 saturated carbocycles. The fraction of sp³-hybridized carbons (Fsp3) is 0. The summed E-state index contributed by atoms with van der Waals surface area (Å²) in [6.07, 6.45) is 13.0. The lowest BCUT2D eigenvalue weighted by molar-refractivity contribution is 0.602. The molecule has 1 aromatic carbocycles. The van der Waals surface area contributed by atoms with E-state index in [2.05, 4.69) is 5.32 Å². The first kappa shape index (κ1) is 11.9. The van der Waals surface area contributed by atoms with Crippen molar-refractivity contribution in [3.63, 3.8) is 0 Å². The van der Waals surface area contributed by atoms with Gasteiger partial charge in [0.2, 0.25) is 0 Å². The molecular weight excluding hydrogens is 226 g/mol. The van der Waals surface area contributed by atoms with Crippen molar-refractivity contribution in [3.05, 3.63) is 83.5 Å². The number of hydrogen-bond donors (Lipinski definition) is 1. The predicted octanol–water partition coefficient (Wildman–Crippen LogP) is 2.97. The van der Waals surface area contributed by atoms with E-state index in [-0.39, 0.29) is 5.43 Å². The zero-order valence-electron chi connectivity index (χ0n) is 9.74. The van der Waals surface area contributed by atoms with Crippen molar-refractivity contribution < 1.29 is 4.42 Å². The van der Waals surface area contributed by atoms with Crippen LogP contribution in [0.4, 0.5) is 0 Å². The Morgan fingerprint density at radius 3 is 2.33 bits per heavy atom. The van der Waals surface area contributed by atoms with Gasteiger partial charge < -0.3 is 9.73 Å². The topological polar surface area (TPSA) is 42.2 Å². The average molecular weight is 239 g/mol. The first-order valence-electron chi connectivity index (χ1n) is 5.59. The third kappa shape index (κ3) is 3.22. The Balaban J connectivity index is 0.000000149. The summed E-state index contributed by atoms with van der Waals surface area (Å²) < 4.78 is 5.09. The Bertz CT molecular complexity index is 631. The van der Waals surface area contributed by atoms with Gasteiger partial charge in [-0.05, 0) is 24.3 Å². The third-order valence-electron chi connectivity index (χ3n) is 2.29. The number of nitrogens with one attached hydrogen (secondary N) is 1. The van der Waals surface area contributed by atoms with Crippen molar-refractivity contribution in [2.24, 2.45) is 0 Å². The van der Waals surface area contributed by atoms with Gasteiger partial charge in [0.05, 0.1) is 11.6 Å². The number of allylic oxidation sites excluding steroid dienone is 4. The molecule has 2 heterocycles. The Morgan fingerprint density at radius 1 is 0.889 bits per heavy atom. The summed E-state index contributed by atoms with van der Waals surface area (Å²) in [5.41, 5.74) is 0.645. The molecule has 0 atom stereocenters. The van der Waals surface area contributed by atoms with Crippen molar-refractivity contribution in [2.75, 3.05) is 0 Å². The minimum Gasteiger partial charge on any atom is -0.464 e. The van der Waals surface area contributed by atoms with E-state index in [0.717, 1.165) is 0 Å². The van der Waals surface area contributed by atoms with Crippen LogP contribution < -0.4 is 10.7 Å². The van der Waals surface area contributed by atoms with Gasteiger partial charge in [-0.2, -0.15) is 0 Å². The maximum atomic E-state index is 11.1. The molecule has 3 nitrogen and oxygen atoms in total. The molecule has 3 rings (SSSR count). The fourth-order valence-corrected chi connectivity index (χ4v) is 1.44. The van der Waals surface area contributed by atoms with E-state index in [4.69, 9.17) is 4.42 Å². The van der Waals surface area contributed by atoms with Crippen molar-refractivity contribution in [1.29, 1.82) is 0 Å². The van der Waals surface area contributed by atoms with Crippen molar-refractivity contribution >= 4 is 11.0 Å². The lowest BCUT2D eigenvalue weighted by atomic mass is 10.2. The Labute approximate surface area is 105 Å². The van der Waals surface area contributed by atoms with Crippen LogP contribution in [0.1, 0.15) is 0 Å². The first-order chi connectivity index (χ1) is 8.88. The number of para-hydroxylation sites is 1. The predicted molar refractivity (Wildman–Crippen MR) is 73.0 cm³/mol. The molecular formula is C15H13NO2. The molecule has 1 N–H and O–H groups in total. The van der Waals surface area contributed by atoms with Crippen LogP contribution in [0.3, 0.4) is 0 Å². The average Bonchev–Trinajstić information content (AvgIpc) is 2.72. The summed E-state index contributed by atoms with van der Waals surface area (Å²) in [6.45, 7) is 0. The molecule has 1 aliphatic rings. The van der Waals surface area contributed by atoms with E-state index in [0.29, 0.717) is 11.0 Å². The normalized spacial score (nSPS) is 12.4. The van der Waals surface area contributed by atoms with Gasteiger partial charge in [-0.15, -0.1) is 0 Å². The van der Waals surface area contributed by atoms with Gasteiger partial charge in [-0.1, -0.05) is 24.3 Å². The number of fused-ring (bicyclic) bond motifs is 1. The maximum absolute atomic E-state index is 11.1. The Hall–Kier alpha value is -2.55. The van der Waals surface area contributed by atoms with E-state index in [1.165, 1.54) is 12.3 Å². The molecule has 1 aliphatic heterocycles. The Kier molecular flexibility index (Phi) is 4.14. The third-order valence-corrected chi connectivity index (χ3v) is 2.29. The van der Waals surface area contributed by atoms with Crippen molar-refractivity contribution in [2.45, 2.75) is 0 Å². The summed E-state index contributed by atoms with van der Waals surface area (Å²) in [7, 11) is 0. The first-order valence-corrected chi connectivity index (χ1v) is 5.59. The van der Waals surface area contributed by atoms with Crippen LogP contribution in [0.25, 0.3) is 11.0 Å². The monoisotopic (exact) mass is 239 g/mol. The van der Waals surface area contributed by atoms with Gasteiger partial charge in [0.15, 0.2) is 5.43 Å². The zero-order valence-corrected chi connectivity index (χ0v) is 9.74. The van der Waals surface area contributed by atoms with E-state index < -0.39 is 0 Å². The molecule has 0 aliphatic carbocycles. The van der Waals surface area contributed by atoms with E-state index in [1.54, 1.807) is 12.1 Å². The van der Waals surface area contributed by atoms with Gasteiger partial charge in [-0.3, -0.25) is 4.79 Å². The molecule has 1 aromatic heterocycles. The second-order valence-electron chi connectivity index (χ2n) is 3.55. The number of rotatable bonds is 0. The smallest absolute Gasteiger partial charge is 0.192 e. The molecule has 3 heteroatoms. The van der Waals surface area contributed by atoms with Crippen LogP contribution in [0, 0.1) is 0 Å². The van der Waals surface area contributed by atoms with Crippen LogP contribution in [0.15, 0.2) is 82.5 Å². The maximum Gasteiger partial charge on any atom is 0.192 e. The second-order valence-corrected chi connectivity index (χ2v) is 3.55. The lowest BCUT2D eigenvalue weighted by Crippen LogP contribution is -1.96. The van der Waals surface area contributed by atoms with Crippen LogP contribution in [0.2, 0.25) is 0 Å². The van der Waals surface area contributed by atoms with Gasteiger partial charge >= 0.3 is 0 Å². The van der Waals surface area contributed by atoms with Crippen LogP contribution >= 0.6 is 0 Å². The lowest BCUT2D eigenvalue weighted by Gasteiger charge is -1.91. The molecule has 0 saturated heterocycles. The van der Waals surface area contributed by atoms with E-state index >= 15 is 0 Å². The van der Waals surface area contributed by atoms with Gasteiger partial charge in [0.25, 0.3) is 0 Å². The molecule has 2 aromatic rings. The number of hydrogen-bond acceptors (Lipinski definition) is 3. The summed E-state index contributed by atoms with van der Waals surface area (Å²) in [5, 5.41) is 3.56. The number of benzene rings is 1. The summed E-state index contributed by atoms with van der Waals surface area (Å²) >= 11 is 0. The van der Waals surface area contributed by atoms with Gasteiger partial charge in [-0.25, -0.2) is 0 Å². The standard InChI is InChI=1S/C9H6O2.C6H7N/c10-8-5-6-11-9-4-2-1-3-7(8)9;1-2-4-6-7-5-3-1/h1-6H;1-7H. The summed E-state index contributed by atoms with van der Waals surface area (Å²) in [6, 6.07) is 8.60. The minimum atomic E-state index is 0.00634. The van der Waals surface area contributed by atoms with Crippen molar-refractivity contribution in [1.82, 2.24) is 5.32 Å². The highest BCUT2D eigenvalue weighted by Gasteiger charge is 1.95. The van der Waals surface area contributed by atoms with Crippen molar-refractivity contribution in [3.8, 4) is 0 Å². The molecule has 0 radical (unpaired) electrons. The van der Waals surface area contributed by atoms with Crippen LogP contribution in [0.5, 0.6) is 0 Å². The van der Waals surface area contributed by atoms with E-state index in [9.17, 15) is 4.79 Å². The largest absolute Gasteiger partial charge is 0.464 e. The SMILES string of the molecule is C1=CC=CNC=C1.O=c1ccoc2ccccc12. The molecule has 0 bridgehead atoms. The highest BCUT2D eigenvalue weighted by Crippen LogP contribution is 2.06. The minimum absolute atomic E-state index is 0.00634. The Morgan fingerprint density at radius 2 is 1.61 bits per heavy atom. The zero-order chi connectivity index (χ0) is 12.6. The highest BCUT2D eigenvalue weighted by molar-refractivity contribution is 5.75. The van der Waals surface area contributed by atoms with Gasteiger partial charge in [0.1, 0.15) is 5.58 Å². The quantitative estimate of drug-likeness (QED) is 0.768. The summed E-state index contributed by atoms with van der Waals surface area (Å²) in [4.78, 5) is 11.1. The second kappa shape index (κ2) is 6.25. The molecule has 0 spiro atoms. The van der Waals surface area contributed by atoms with Crippen LogP contribution in [-0.4, -0.2) is 0 Å². The highest BCUT2D eigenvalue weighted by atomic mass is 16.3. The molecule has 18 heavy (non-hydrogen) atoms. The molecule has 90 valence electrons. The van der Waals surface area contributed by atoms with Crippen LogP contribution in [-0.2, 0) is 0 Å². The molecule has 0 amide bonds. The van der Waals surface area contributed by atoms with Gasteiger partial charge in [0, 0.05) is 18.5 Å². The summed E-state index contributed by atoms with van der Waals surface area (Å²) in [5.74, 6) is 0. The van der Waals surface area contributed by atoms with E-state index in [1.807, 2.05) is 48.8 Å².